The summed E-state index contributed by atoms with van der Waals surface area (Å²) in [7, 11) is 1.60. The van der Waals surface area contributed by atoms with Crippen LogP contribution in [0.3, 0.4) is 0 Å². The van der Waals surface area contributed by atoms with Gasteiger partial charge in [0.1, 0.15) is 11.4 Å². The number of hydrogen-bond donors (Lipinski definition) is 1. The van der Waals surface area contributed by atoms with Crippen LogP contribution in [0.5, 0.6) is 5.75 Å². The molecule has 20 heavy (non-hydrogen) atoms. The molecule has 0 saturated heterocycles. The minimum absolute atomic E-state index is 0.229. The molecule has 0 atom stereocenters. The second-order valence-corrected chi connectivity index (χ2v) is 5.86. The molecule has 0 unspecified atom stereocenters. The maximum atomic E-state index is 11.4. The molecular weight excluding hydrogens is 322 g/mol. The lowest BCUT2D eigenvalue weighted by molar-refractivity contribution is 0.0535. The van der Waals surface area contributed by atoms with Crippen molar-refractivity contribution in [3.63, 3.8) is 0 Å². The van der Waals surface area contributed by atoms with Crippen molar-refractivity contribution in [1.82, 2.24) is 5.32 Å². The number of methoxy groups -OCH3 is 1. The average Bonchev–Trinajstić information content (AvgIpc) is 2.34. The maximum Gasteiger partial charge on any atom is 0.408 e. The molecule has 0 heterocycles. The number of hydrogen-bond acceptors (Lipinski definition) is 3. The topological polar surface area (TPSA) is 47.6 Å². The fourth-order valence-electron chi connectivity index (χ4n) is 1.31. The van der Waals surface area contributed by atoms with Crippen molar-refractivity contribution in [3.8, 4) is 17.6 Å². The first-order valence-electron chi connectivity index (χ1n) is 6.11. The molecule has 1 aromatic carbocycles. The number of benzene rings is 1. The zero-order chi connectivity index (χ0) is 15.2. The number of nitrogens with one attached hydrogen (secondary N) is 1. The van der Waals surface area contributed by atoms with Crippen LogP contribution in [0, 0.1) is 11.8 Å². The highest BCUT2D eigenvalue weighted by Crippen LogP contribution is 2.25. The minimum atomic E-state index is -0.503. The zero-order valence-electron chi connectivity index (χ0n) is 12.0. The van der Waals surface area contributed by atoms with E-state index < -0.39 is 11.7 Å². The van der Waals surface area contributed by atoms with Gasteiger partial charge in [-0.3, -0.25) is 0 Å². The van der Waals surface area contributed by atoms with Crippen LogP contribution in [0.25, 0.3) is 0 Å². The molecule has 0 fully saturated rings. The van der Waals surface area contributed by atoms with E-state index in [1.54, 1.807) is 7.11 Å². The predicted molar refractivity (Wildman–Crippen MR) is 81.8 cm³/mol. The monoisotopic (exact) mass is 339 g/mol. The molecular formula is C15H18BrNO3. The number of carbonyl (C=O) groups is 1. The Hall–Kier alpha value is -1.67. The van der Waals surface area contributed by atoms with Crippen molar-refractivity contribution >= 4 is 22.0 Å². The zero-order valence-corrected chi connectivity index (χ0v) is 13.6. The van der Waals surface area contributed by atoms with E-state index in [0.29, 0.717) is 0 Å². The van der Waals surface area contributed by atoms with Gasteiger partial charge in [0.25, 0.3) is 0 Å². The third-order valence-corrected chi connectivity index (χ3v) is 2.76. The van der Waals surface area contributed by atoms with Gasteiger partial charge in [-0.25, -0.2) is 4.79 Å². The summed E-state index contributed by atoms with van der Waals surface area (Å²) in [6.45, 7) is 5.67. The summed E-state index contributed by atoms with van der Waals surface area (Å²) >= 11 is 3.37. The van der Waals surface area contributed by atoms with Crippen LogP contribution in [0.2, 0.25) is 0 Å². The van der Waals surface area contributed by atoms with Gasteiger partial charge in [0.15, 0.2) is 0 Å². The Balaban J connectivity index is 2.53. The molecule has 1 amide bonds. The molecule has 108 valence electrons. The molecule has 0 aromatic heterocycles. The number of alkyl carbamates (subject to hydrolysis) is 1. The highest BCUT2D eigenvalue weighted by molar-refractivity contribution is 9.10. The molecule has 4 nitrogen and oxygen atoms in total. The smallest absolute Gasteiger partial charge is 0.408 e. The van der Waals surface area contributed by atoms with Crippen LogP contribution in [-0.2, 0) is 4.74 Å². The fraction of sp³-hybridized carbons (Fsp3) is 0.400. The third-order valence-electron chi connectivity index (χ3n) is 2.10. The predicted octanol–water partition coefficient (Wildman–Crippen LogP) is 3.33. The molecule has 0 aliphatic carbocycles. The van der Waals surface area contributed by atoms with Gasteiger partial charge < -0.3 is 14.8 Å². The maximum absolute atomic E-state index is 11.4. The summed E-state index contributed by atoms with van der Waals surface area (Å²) in [6, 6.07) is 5.56. The van der Waals surface area contributed by atoms with Crippen LogP contribution in [-0.4, -0.2) is 25.3 Å². The Morgan fingerprint density at radius 1 is 1.40 bits per heavy atom. The summed E-state index contributed by atoms with van der Waals surface area (Å²) in [6.07, 6.45) is -0.472. The molecule has 1 aromatic rings. The van der Waals surface area contributed by atoms with Gasteiger partial charge in [0.2, 0.25) is 0 Å². The van der Waals surface area contributed by atoms with Gasteiger partial charge in [-0.2, -0.15) is 0 Å². The molecule has 1 rings (SSSR count). The molecule has 0 aliphatic rings. The van der Waals surface area contributed by atoms with Gasteiger partial charge in [-0.15, -0.1) is 0 Å². The second-order valence-electron chi connectivity index (χ2n) is 5.01. The molecule has 0 bridgehead atoms. The quantitative estimate of drug-likeness (QED) is 0.840. The number of ether oxygens (including phenoxy) is 2. The van der Waals surface area contributed by atoms with Crippen LogP contribution in [0.4, 0.5) is 4.79 Å². The molecule has 0 saturated carbocycles. The lowest BCUT2D eigenvalue weighted by Crippen LogP contribution is -2.32. The first-order valence-corrected chi connectivity index (χ1v) is 6.90. The van der Waals surface area contributed by atoms with E-state index in [-0.39, 0.29) is 6.54 Å². The summed E-state index contributed by atoms with van der Waals surface area (Å²) in [5.41, 5.74) is 0.312. The van der Waals surface area contributed by atoms with Crippen molar-refractivity contribution in [1.29, 1.82) is 0 Å². The van der Waals surface area contributed by atoms with Gasteiger partial charge >= 0.3 is 6.09 Å². The standard InChI is InChI=1S/C15H18BrNO3/c1-15(2,3)20-14(18)17-9-5-6-11-7-8-12(16)13(10-11)19-4/h7-8,10H,9H2,1-4H3,(H,17,18). The average molecular weight is 340 g/mol. The van der Waals surface area contributed by atoms with Gasteiger partial charge in [-0.05, 0) is 54.9 Å². The lowest BCUT2D eigenvalue weighted by atomic mass is 10.2. The molecule has 0 aliphatic heterocycles. The number of carbonyl (C=O) groups excluding carboxylic acids is 1. The lowest BCUT2D eigenvalue weighted by Gasteiger charge is -2.19. The third kappa shape index (κ3) is 5.98. The van der Waals surface area contributed by atoms with Crippen molar-refractivity contribution < 1.29 is 14.3 Å². The largest absolute Gasteiger partial charge is 0.496 e. The number of amides is 1. The first-order chi connectivity index (χ1) is 9.31. The molecule has 5 heteroatoms. The second kappa shape index (κ2) is 7.20. The number of halogens is 1. The van der Waals surface area contributed by atoms with E-state index in [2.05, 4.69) is 33.1 Å². The highest BCUT2D eigenvalue weighted by atomic mass is 79.9. The van der Waals surface area contributed by atoms with Crippen molar-refractivity contribution in [3.05, 3.63) is 28.2 Å². The van der Waals surface area contributed by atoms with E-state index in [1.165, 1.54) is 0 Å². The Morgan fingerprint density at radius 2 is 2.10 bits per heavy atom. The van der Waals surface area contributed by atoms with E-state index >= 15 is 0 Å². The van der Waals surface area contributed by atoms with Crippen molar-refractivity contribution in [2.45, 2.75) is 26.4 Å². The Labute approximate surface area is 128 Å². The van der Waals surface area contributed by atoms with Crippen LogP contribution >= 0.6 is 15.9 Å². The summed E-state index contributed by atoms with van der Waals surface area (Å²) < 4.78 is 11.2. The normalized spacial score (nSPS) is 10.2. The summed E-state index contributed by atoms with van der Waals surface area (Å²) in [4.78, 5) is 11.4. The van der Waals surface area contributed by atoms with Gasteiger partial charge in [0.05, 0.1) is 18.1 Å². The van der Waals surface area contributed by atoms with Crippen molar-refractivity contribution in [2.24, 2.45) is 0 Å². The highest BCUT2D eigenvalue weighted by Gasteiger charge is 2.14. The van der Waals surface area contributed by atoms with Crippen LogP contribution in [0.1, 0.15) is 26.3 Å². The van der Waals surface area contributed by atoms with E-state index in [9.17, 15) is 4.79 Å². The summed E-state index contributed by atoms with van der Waals surface area (Å²) in [5, 5.41) is 2.57. The summed E-state index contributed by atoms with van der Waals surface area (Å²) in [5.74, 6) is 6.52. The van der Waals surface area contributed by atoms with Crippen molar-refractivity contribution in [2.75, 3.05) is 13.7 Å². The number of rotatable bonds is 2. The molecule has 1 N–H and O–H groups in total. The van der Waals surface area contributed by atoms with Gasteiger partial charge in [0, 0.05) is 5.56 Å². The SMILES string of the molecule is COc1cc(C#CCNC(=O)OC(C)(C)C)ccc1Br. The Morgan fingerprint density at radius 3 is 2.70 bits per heavy atom. The fourth-order valence-corrected chi connectivity index (χ4v) is 1.72. The van der Waals surface area contributed by atoms with Crippen LogP contribution in [0.15, 0.2) is 22.7 Å². The first kappa shape index (κ1) is 16.4. The van der Waals surface area contributed by atoms with Gasteiger partial charge in [-0.1, -0.05) is 11.8 Å². The Bertz CT molecular complexity index is 538. The van der Waals surface area contributed by atoms with E-state index in [0.717, 1.165) is 15.8 Å². The Kier molecular flexibility index (Phi) is 5.90. The molecule has 0 radical (unpaired) electrons. The minimum Gasteiger partial charge on any atom is -0.496 e. The molecule has 0 spiro atoms. The van der Waals surface area contributed by atoms with E-state index in [1.807, 2.05) is 39.0 Å². The van der Waals surface area contributed by atoms with E-state index in [4.69, 9.17) is 9.47 Å². The van der Waals surface area contributed by atoms with Crippen LogP contribution < -0.4 is 10.1 Å².